The first-order valence-corrected chi connectivity index (χ1v) is 5.28. The first-order chi connectivity index (χ1) is 7.61. The molecule has 2 aromatic rings. The molecule has 0 saturated heterocycles. The van der Waals surface area contributed by atoms with Gasteiger partial charge in [0.1, 0.15) is 5.15 Å². The Morgan fingerprint density at radius 3 is 2.44 bits per heavy atom. The molecule has 2 rings (SSSR count). The lowest BCUT2D eigenvalue weighted by molar-refractivity contribution is 0.103. The molecule has 0 aliphatic heterocycles. The smallest absolute Gasteiger partial charge is 0.198 e. The fourth-order valence-electron chi connectivity index (χ4n) is 1.62. The Labute approximate surface area is 98.7 Å². The number of carbonyl (C=O) groups excluding carboxylic acids is 1. The molecule has 0 unspecified atom stereocenters. The number of halogens is 1. The van der Waals surface area contributed by atoms with Gasteiger partial charge in [-0.25, -0.2) is 0 Å². The van der Waals surface area contributed by atoms with Gasteiger partial charge in [-0.2, -0.15) is 5.10 Å². The van der Waals surface area contributed by atoms with Crippen LogP contribution in [-0.2, 0) is 7.05 Å². The Balaban J connectivity index is 2.50. The van der Waals surface area contributed by atoms with Crippen molar-refractivity contribution in [3.8, 4) is 0 Å². The van der Waals surface area contributed by atoms with E-state index >= 15 is 0 Å². The molecular weight excluding hydrogens is 224 g/mol. The molecule has 0 N–H and O–H groups in total. The Hall–Kier alpha value is -1.61. The molecule has 0 atom stereocenters. The van der Waals surface area contributed by atoms with E-state index in [1.54, 1.807) is 26.1 Å². The largest absolute Gasteiger partial charge is 0.288 e. The fraction of sp³-hybridized carbons (Fsp3) is 0.167. The zero-order valence-electron chi connectivity index (χ0n) is 9.07. The third-order valence-corrected chi connectivity index (χ3v) is 2.85. The monoisotopic (exact) mass is 234 g/mol. The minimum atomic E-state index is -0.0869. The number of benzene rings is 1. The normalized spacial score (nSPS) is 10.4. The van der Waals surface area contributed by atoms with Crippen LogP contribution in [0.5, 0.6) is 0 Å². The zero-order valence-corrected chi connectivity index (χ0v) is 9.82. The van der Waals surface area contributed by atoms with Crippen LogP contribution < -0.4 is 0 Å². The lowest BCUT2D eigenvalue weighted by atomic mass is 10.0. The van der Waals surface area contributed by atoms with Gasteiger partial charge >= 0.3 is 0 Å². The molecule has 0 aliphatic carbocycles. The third kappa shape index (κ3) is 1.74. The molecule has 0 spiro atoms. The number of rotatable bonds is 2. The minimum absolute atomic E-state index is 0.0869. The first-order valence-electron chi connectivity index (χ1n) is 4.90. The summed E-state index contributed by atoms with van der Waals surface area (Å²) in [5.41, 5.74) is 1.76. The van der Waals surface area contributed by atoms with E-state index < -0.39 is 0 Å². The summed E-state index contributed by atoms with van der Waals surface area (Å²) in [6, 6.07) is 9.06. The highest BCUT2D eigenvalue weighted by Crippen LogP contribution is 2.21. The zero-order chi connectivity index (χ0) is 11.7. The standard InChI is InChI=1S/C12H11ClN2O/c1-8-10(12(13)15(2)14-8)11(16)9-6-4-3-5-7-9/h3-7H,1-2H3. The average molecular weight is 235 g/mol. The SMILES string of the molecule is Cc1nn(C)c(Cl)c1C(=O)c1ccccc1. The molecule has 1 heterocycles. The predicted molar refractivity (Wildman–Crippen MR) is 62.8 cm³/mol. The van der Waals surface area contributed by atoms with Crippen molar-refractivity contribution < 1.29 is 4.79 Å². The van der Waals surface area contributed by atoms with Crippen molar-refractivity contribution in [2.75, 3.05) is 0 Å². The van der Waals surface area contributed by atoms with Crippen molar-refractivity contribution in [1.29, 1.82) is 0 Å². The van der Waals surface area contributed by atoms with Gasteiger partial charge in [-0.05, 0) is 6.92 Å². The van der Waals surface area contributed by atoms with Gasteiger partial charge in [-0.15, -0.1) is 0 Å². The van der Waals surface area contributed by atoms with E-state index in [1.165, 1.54) is 4.68 Å². The number of aryl methyl sites for hydroxylation is 2. The molecule has 16 heavy (non-hydrogen) atoms. The van der Waals surface area contributed by atoms with Gasteiger partial charge in [0.25, 0.3) is 0 Å². The van der Waals surface area contributed by atoms with Crippen LogP contribution in [0.25, 0.3) is 0 Å². The first kappa shape index (κ1) is 10.9. The van der Waals surface area contributed by atoms with Gasteiger partial charge in [-0.3, -0.25) is 9.48 Å². The maximum Gasteiger partial charge on any atom is 0.198 e. The van der Waals surface area contributed by atoms with Gasteiger partial charge in [0.05, 0.1) is 11.3 Å². The Bertz CT molecular complexity index is 531. The molecule has 0 saturated carbocycles. The Morgan fingerprint density at radius 1 is 1.31 bits per heavy atom. The number of hydrogen-bond acceptors (Lipinski definition) is 2. The minimum Gasteiger partial charge on any atom is -0.288 e. The van der Waals surface area contributed by atoms with E-state index in [2.05, 4.69) is 5.10 Å². The second-order valence-electron chi connectivity index (χ2n) is 3.57. The summed E-state index contributed by atoms with van der Waals surface area (Å²) >= 11 is 6.04. The summed E-state index contributed by atoms with van der Waals surface area (Å²) < 4.78 is 1.51. The molecule has 1 aromatic carbocycles. The average Bonchev–Trinajstić information content (AvgIpc) is 2.54. The second kappa shape index (κ2) is 4.10. The number of carbonyl (C=O) groups is 1. The molecule has 4 heteroatoms. The summed E-state index contributed by atoms with van der Waals surface area (Å²) in [6.07, 6.45) is 0. The van der Waals surface area contributed by atoms with Crippen LogP contribution in [0.2, 0.25) is 5.15 Å². The van der Waals surface area contributed by atoms with E-state index in [1.807, 2.05) is 18.2 Å². The summed E-state index contributed by atoms with van der Waals surface area (Å²) in [6.45, 7) is 1.78. The van der Waals surface area contributed by atoms with Gasteiger partial charge in [0.2, 0.25) is 0 Å². The van der Waals surface area contributed by atoms with Crippen molar-refractivity contribution in [3.05, 3.63) is 52.3 Å². The number of ketones is 1. The molecule has 0 fully saturated rings. The molecule has 0 bridgehead atoms. The number of nitrogens with zero attached hydrogens (tertiary/aromatic N) is 2. The van der Waals surface area contributed by atoms with Crippen LogP contribution in [0.3, 0.4) is 0 Å². The van der Waals surface area contributed by atoms with Gasteiger partial charge in [-0.1, -0.05) is 41.9 Å². The quantitative estimate of drug-likeness (QED) is 0.749. The molecule has 0 amide bonds. The van der Waals surface area contributed by atoms with E-state index in [9.17, 15) is 4.79 Å². The van der Waals surface area contributed by atoms with Gasteiger partial charge in [0, 0.05) is 12.6 Å². The number of hydrogen-bond donors (Lipinski definition) is 0. The summed E-state index contributed by atoms with van der Waals surface area (Å²) in [4.78, 5) is 12.2. The molecule has 1 aromatic heterocycles. The van der Waals surface area contributed by atoms with Crippen molar-refractivity contribution >= 4 is 17.4 Å². The van der Waals surface area contributed by atoms with E-state index in [0.717, 1.165) is 0 Å². The van der Waals surface area contributed by atoms with Crippen molar-refractivity contribution in [1.82, 2.24) is 9.78 Å². The van der Waals surface area contributed by atoms with Crippen LogP contribution >= 0.6 is 11.6 Å². The lowest BCUT2D eigenvalue weighted by Gasteiger charge is -1.99. The summed E-state index contributed by atoms with van der Waals surface area (Å²) in [7, 11) is 1.72. The van der Waals surface area contributed by atoms with Crippen LogP contribution in [0, 0.1) is 6.92 Å². The number of aromatic nitrogens is 2. The van der Waals surface area contributed by atoms with Crippen LogP contribution in [0.15, 0.2) is 30.3 Å². The maximum atomic E-state index is 12.2. The fourth-order valence-corrected chi connectivity index (χ4v) is 1.88. The third-order valence-electron chi connectivity index (χ3n) is 2.42. The highest BCUT2D eigenvalue weighted by Gasteiger charge is 2.19. The molecule has 82 valence electrons. The molecular formula is C12H11ClN2O. The van der Waals surface area contributed by atoms with E-state index in [0.29, 0.717) is 22.0 Å². The molecule has 0 radical (unpaired) electrons. The van der Waals surface area contributed by atoms with Crippen molar-refractivity contribution in [2.45, 2.75) is 6.92 Å². The maximum absolute atomic E-state index is 12.2. The van der Waals surface area contributed by atoms with E-state index in [-0.39, 0.29) is 5.78 Å². The van der Waals surface area contributed by atoms with Crippen molar-refractivity contribution in [3.63, 3.8) is 0 Å². The highest BCUT2D eigenvalue weighted by molar-refractivity contribution is 6.34. The highest BCUT2D eigenvalue weighted by atomic mass is 35.5. The second-order valence-corrected chi connectivity index (χ2v) is 3.93. The molecule has 0 aliphatic rings. The van der Waals surface area contributed by atoms with Crippen molar-refractivity contribution in [2.24, 2.45) is 7.05 Å². The summed E-state index contributed by atoms with van der Waals surface area (Å²) in [5, 5.41) is 4.50. The van der Waals surface area contributed by atoms with Crippen LogP contribution in [0.1, 0.15) is 21.6 Å². The lowest BCUT2D eigenvalue weighted by Crippen LogP contribution is -2.02. The van der Waals surface area contributed by atoms with E-state index in [4.69, 9.17) is 11.6 Å². The van der Waals surface area contributed by atoms with Crippen LogP contribution in [-0.4, -0.2) is 15.6 Å². The predicted octanol–water partition coefficient (Wildman–Crippen LogP) is 2.61. The Kier molecular flexibility index (Phi) is 2.79. The van der Waals surface area contributed by atoms with Crippen LogP contribution in [0.4, 0.5) is 0 Å². The summed E-state index contributed by atoms with van der Waals surface area (Å²) in [5.74, 6) is -0.0869. The van der Waals surface area contributed by atoms with Gasteiger partial charge < -0.3 is 0 Å². The van der Waals surface area contributed by atoms with Gasteiger partial charge in [0.15, 0.2) is 5.78 Å². The Morgan fingerprint density at radius 2 is 1.94 bits per heavy atom. The molecule has 3 nitrogen and oxygen atoms in total. The topological polar surface area (TPSA) is 34.9 Å².